The first kappa shape index (κ1) is 8.84. The maximum atomic E-state index is 8.64. The smallest absolute Gasteiger partial charge is 0.0796 e. The predicted octanol–water partition coefficient (Wildman–Crippen LogP) is -1.92. The van der Waals surface area contributed by atoms with Crippen molar-refractivity contribution in [3.63, 3.8) is 0 Å². The Labute approximate surface area is 53.4 Å². The van der Waals surface area contributed by atoms with Crippen LogP contribution < -0.4 is 0 Å². The van der Waals surface area contributed by atoms with Crippen molar-refractivity contribution >= 4 is 0 Å². The van der Waals surface area contributed by atoms with Gasteiger partial charge in [-0.25, -0.2) is 0 Å². The molecule has 0 fully saturated rings. The van der Waals surface area contributed by atoms with Crippen LogP contribution in [0.4, 0.5) is 0 Å². The van der Waals surface area contributed by atoms with E-state index >= 15 is 0 Å². The zero-order valence-electron chi connectivity index (χ0n) is 5.06. The van der Waals surface area contributed by atoms with Crippen LogP contribution in [0.5, 0.6) is 0 Å². The van der Waals surface area contributed by atoms with Crippen molar-refractivity contribution in [2.24, 2.45) is 0 Å². The molecule has 0 aromatic heterocycles. The van der Waals surface area contributed by atoms with Crippen molar-refractivity contribution in [2.45, 2.75) is 18.6 Å². The summed E-state index contributed by atoms with van der Waals surface area (Å²) in [6.45, 7) is -0.756. The van der Waals surface area contributed by atoms with Crippen LogP contribution in [0.15, 0.2) is 0 Å². The molecule has 0 aromatic rings. The summed E-state index contributed by atoms with van der Waals surface area (Å²) in [5.74, 6) is 0. The lowest BCUT2D eigenvalue weighted by atomic mass is 10.2. The van der Waals surface area contributed by atoms with Crippen LogP contribution in [0.25, 0.3) is 0 Å². The number of rotatable bonds is 4. The van der Waals surface area contributed by atoms with E-state index in [2.05, 4.69) is 0 Å². The molecule has 0 aromatic carbocycles. The minimum Gasteiger partial charge on any atom is -0.394 e. The van der Waals surface area contributed by atoms with Gasteiger partial charge in [-0.1, -0.05) is 0 Å². The molecule has 0 saturated carbocycles. The second kappa shape index (κ2) is 4.69. The van der Waals surface area contributed by atoms with Crippen LogP contribution in [-0.2, 0) is 0 Å². The van der Waals surface area contributed by atoms with Crippen molar-refractivity contribution in [1.29, 1.82) is 0 Å². The maximum absolute atomic E-state index is 8.64. The van der Waals surface area contributed by atoms with Gasteiger partial charge in [-0.2, -0.15) is 0 Å². The van der Waals surface area contributed by atoms with Crippen molar-refractivity contribution < 1.29 is 20.4 Å². The summed E-state index contributed by atoms with van der Waals surface area (Å²) >= 11 is 0. The van der Waals surface area contributed by atoms with Crippen LogP contribution in [0.2, 0.25) is 0 Å². The van der Waals surface area contributed by atoms with Crippen LogP contribution in [0.3, 0.4) is 0 Å². The zero-order chi connectivity index (χ0) is 7.28. The average Bonchev–Trinajstić information content (AvgIpc) is 1.87. The first-order valence-corrected chi connectivity index (χ1v) is 2.78. The fourth-order valence-electron chi connectivity index (χ4n) is 0.463. The van der Waals surface area contributed by atoms with Gasteiger partial charge in [0.05, 0.1) is 25.4 Å². The molecule has 0 amide bonds. The number of aliphatic hydroxyl groups excluding tert-OH is 4. The first-order chi connectivity index (χ1) is 4.20. The molecule has 0 aliphatic carbocycles. The molecule has 0 aliphatic rings. The number of aliphatic hydroxyl groups is 4. The molecule has 56 valence electrons. The summed E-state index contributed by atoms with van der Waals surface area (Å²) in [7, 11) is 0. The summed E-state index contributed by atoms with van der Waals surface area (Å²) in [5, 5.41) is 33.7. The molecular weight excluding hydrogens is 124 g/mol. The Kier molecular flexibility index (Phi) is 4.61. The molecule has 0 bridgehead atoms. The SMILES string of the molecule is OC[C@@H](O)C[C@@H](O)CO. The molecular formula is C5H12O4. The summed E-state index contributed by atoms with van der Waals surface area (Å²) in [5.41, 5.74) is 0. The van der Waals surface area contributed by atoms with E-state index in [0.29, 0.717) is 0 Å². The second-order valence-corrected chi connectivity index (χ2v) is 1.91. The molecule has 0 rings (SSSR count). The lowest BCUT2D eigenvalue weighted by molar-refractivity contribution is 0.0182. The van der Waals surface area contributed by atoms with Crippen LogP contribution >= 0.6 is 0 Å². The Bertz CT molecular complexity index is 58.0. The van der Waals surface area contributed by atoms with E-state index in [4.69, 9.17) is 20.4 Å². The van der Waals surface area contributed by atoms with E-state index in [1.165, 1.54) is 0 Å². The quantitative estimate of drug-likeness (QED) is 0.363. The molecule has 4 N–H and O–H groups in total. The van der Waals surface area contributed by atoms with Gasteiger partial charge in [0.25, 0.3) is 0 Å². The summed E-state index contributed by atoms with van der Waals surface area (Å²) in [4.78, 5) is 0. The van der Waals surface area contributed by atoms with Crippen molar-refractivity contribution in [3.05, 3.63) is 0 Å². The summed E-state index contributed by atoms with van der Waals surface area (Å²) in [6, 6.07) is 0. The fraction of sp³-hybridized carbons (Fsp3) is 1.00. The van der Waals surface area contributed by atoms with E-state index in [1.807, 2.05) is 0 Å². The van der Waals surface area contributed by atoms with Crippen molar-refractivity contribution in [1.82, 2.24) is 0 Å². The summed E-state index contributed by atoms with van der Waals surface area (Å²) in [6.07, 6.45) is -1.83. The second-order valence-electron chi connectivity index (χ2n) is 1.91. The molecule has 0 saturated heterocycles. The molecule has 0 heterocycles. The van der Waals surface area contributed by atoms with Crippen LogP contribution in [0, 0.1) is 0 Å². The molecule has 0 spiro atoms. The van der Waals surface area contributed by atoms with Gasteiger partial charge in [0.1, 0.15) is 0 Å². The molecule has 0 aliphatic heterocycles. The average molecular weight is 136 g/mol. The molecule has 9 heavy (non-hydrogen) atoms. The van der Waals surface area contributed by atoms with Gasteiger partial charge >= 0.3 is 0 Å². The van der Waals surface area contributed by atoms with Crippen LogP contribution in [-0.4, -0.2) is 45.8 Å². The van der Waals surface area contributed by atoms with Crippen molar-refractivity contribution in [3.8, 4) is 0 Å². The van der Waals surface area contributed by atoms with Gasteiger partial charge in [0.15, 0.2) is 0 Å². The molecule has 4 nitrogen and oxygen atoms in total. The largest absolute Gasteiger partial charge is 0.394 e. The number of hydrogen-bond donors (Lipinski definition) is 4. The highest BCUT2D eigenvalue weighted by Crippen LogP contribution is 1.95. The van der Waals surface area contributed by atoms with Gasteiger partial charge in [0.2, 0.25) is 0 Å². The number of hydrogen-bond acceptors (Lipinski definition) is 4. The van der Waals surface area contributed by atoms with E-state index in [0.717, 1.165) is 0 Å². The van der Waals surface area contributed by atoms with Crippen molar-refractivity contribution in [2.75, 3.05) is 13.2 Å². The Morgan fingerprint density at radius 3 is 1.44 bits per heavy atom. The first-order valence-electron chi connectivity index (χ1n) is 2.78. The molecule has 0 radical (unpaired) electrons. The Morgan fingerprint density at radius 2 is 1.22 bits per heavy atom. The molecule has 4 heteroatoms. The third kappa shape index (κ3) is 4.35. The van der Waals surface area contributed by atoms with E-state index in [1.54, 1.807) is 0 Å². The van der Waals surface area contributed by atoms with Crippen LogP contribution in [0.1, 0.15) is 6.42 Å². The topological polar surface area (TPSA) is 80.9 Å². The Hall–Kier alpha value is -0.160. The van der Waals surface area contributed by atoms with E-state index in [-0.39, 0.29) is 19.6 Å². The van der Waals surface area contributed by atoms with Gasteiger partial charge in [-0.05, 0) is 0 Å². The molecule has 2 atom stereocenters. The highest BCUT2D eigenvalue weighted by Gasteiger charge is 2.08. The van der Waals surface area contributed by atoms with E-state index < -0.39 is 12.2 Å². The molecule has 0 unspecified atom stereocenters. The lowest BCUT2D eigenvalue weighted by Gasteiger charge is -2.09. The van der Waals surface area contributed by atoms with Gasteiger partial charge in [-0.3, -0.25) is 0 Å². The third-order valence-electron chi connectivity index (χ3n) is 0.966. The minimum atomic E-state index is -0.924. The lowest BCUT2D eigenvalue weighted by Crippen LogP contribution is -2.23. The minimum absolute atomic E-state index is 0.0208. The Morgan fingerprint density at radius 1 is 0.889 bits per heavy atom. The van der Waals surface area contributed by atoms with Gasteiger partial charge < -0.3 is 20.4 Å². The van der Waals surface area contributed by atoms with E-state index in [9.17, 15) is 0 Å². The predicted molar refractivity (Wildman–Crippen MR) is 30.8 cm³/mol. The Balaban J connectivity index is 3.22. The maximum Gasteiger partial charge on any atom is 0.0796 e. The summed E-state index contributed by atoms with van der Waals surface area (Å²) < 4.78 is 0. The normalized spacial score (nSPS) is 17.3. The monoisotopic (exact) mass is 136 g/mol. The van der Waals surface area contributed by atoms with Gasteiger partial charge in [0, 0.05) is 6.42 Å². The standard InChI is InChI=1S/C5H12O4/c6-2-4(8)1-5(9)3-7/h4-9H,1-3H2/t4-,5+. The zero-order valence-corrected chi connectivity index (χ0v) is 5.06. The third-order valence-corrected chi connectivity index (χ3v) is 0.966. The van der Waals surface area contributed by atoms with Gasteiger partial charge in [-0.15, -0.1) is 0 Å². The fourth-order valence-corrected chi connectivity index (χ4v) is 0.463. The highest BCUT2D eigenvalue weighted by atomic mass is 16.3. The highest BCUT2D eigenvalue weighted by molar-refractivity contribution is 4.59.